The van der Waals surface area contributed by atoms with Gasteiger partial charge in [0.1, 0.15) is 0 Å². The van der Waals surface area contributed by atoms with E-state index in [0.29, 0.717) is 6.42 Å². The van der Waals surface area contributed by atoms with Crippen LogP contribution in [0.5, 0.6) is 0 Å². The summed E-state index contributed by atoms with van der Waals surface area (Å²) < 4.78 is 5.25. The summed E-state index contributed by atoms with van der Waals surface area (Å²) in [7, 11) is 0. The Morgan fingerprint density at radius 1 is 1.44 bits per heavy atom. The largest absolute Gasteiger partial charge is 0.379 e. The molecule has 16 heavy (non-hydrogen) atoms. The van der Waals surface area contributed by atoms with Crippen molar-refractivity contribution < 1.29 is 14.7 Å². The van der Waals surface area contributed by atoms with Crippen molar-refractivity contribution in [2.45, 2.75) is 25.3 Å². The molecule has 0 spiro atoms. The number of carbonyl (C=O) groups excluding carboxylic acids is 1. The van der Waals surface area contributed by atoms with E-state index < -0.39 is 11.9 Å². The second kappa shape index (κ2) is 7.56. The monoisotopic (exact) mass is 231 g/mol. The molecule has 6 nitrogen and oxygen atoms in total. The molecule has 0 unspecified atom stereocenters. The highest BCUT2D eigenvalue weighted by Gasteiger charge is 2.13. The van der Waals surface area contributed by atoms with Gasteiger partial charge in [0.15, 0.2) is 0 Å². The number of carbonyl (C=O) groups is 1. The molecule has 1 amide bonds. The first-order valence-corrected chi connectivity index (χ1v) is 5.73. The molecule has 0 aromatic carbocycles. The minimum Gasteiger partial charge on any atom is -0.379 e. The minimum atomic E-state index is -0.602. The highest BCUT2D eigenvalue weighted by atomic mass is 16.5. The Balaban J connectivity index is 2.00. The summed E-state index contributed by atoms with van der Waals surface area (Å²) in [6, 6.07) is -0.602. The van der Waals surface area contributed by atoms with Gasteiger partial charge in [-0.15, -0.1) is 0 Å². The first-order chi connectivity index (χ1) is 7.74. The molecule has 4 N–H and O–H groups in total. The fraction of sp³-hybridized carbons (Fsp3) is 0.900. The van der Waals surface area contributed by atoms with Gasteiger partial charge in [-0.2, -0.15) is 0 Å². The second-order valence-corrected chi connectivity index (χ2v) is 4.03. The van der Waals surface area contributed by atoms with Gasteiger partial charge in [0.05, 0.1) is 19.3 Å². The predicted octanol–water partition coefficient (Wildman–Crippen LogP) is -0.678. The van der Waals surface area contributed by atoms with E-state index in [1.165, 1.54) is 0 Å². The fourth-order valence-corrected chi connectivity index (χ4v) is 1.74. The van der Waals surface area contributed by atoms with E-state index in [1.54, 1.807) is 5.48 Å². The van der Waals surface area contributed by atoms with Gasteiger partial charge in [0.2, 0.25) is 0 Å². The number of nitrogens with two attached hydrogens (primary N) is 1. The van der Waals surface area contributed by atoms with Crippen LogP contribution < -0.4 is 11.2 Å². The third-order valence-electron chi connectivity index (χ3n) is 2.79. The summed E-state index contributed by atoms with van der Waals surface area (Å²) in [6.07, 6.45) is 2.52. The van der Waals surface area contributed by atoms with Gasteiger partial charge < -0.3 is 10.5 Å². The number of ether oxygens (including phenoxy) is 1. The van der Waals surface area contributed by atoms with E-state index in [0.717, 1.165) is 45.7 Å². The van der Waals surface area contributed by atoms with Gasteiger partial charge in [-0.1, -0.05) is 6.42 Å². The van der Waals surface area contributed by atoms with Gasteiger partial charge in [-0.3, -0.25) is 14.9 Å². The lowest BCUT2D eigenvalue weighted by atomic mass is 10.1. The molecule has 1 heterocycles. The highest BCUT2D eigenvalue weighted by Crippen LogP contribution is 2.03. The fourth-order valence-electron chi connectivity index (χ4n) is 1.74. The molecule has 1 aliphatic heterocycles. The summed E-state index contributed by atoms with van der Waals surface area (Å²) in [5.74, 6) is -0.508. The first kappa shape index (κ1) is 13.4. The topological polar surface area (TPSA) is 87.8 Å². The molecular formula is C10H21N3O3. The molecule has 6 heteroatoms. The number of rotatable bonds is 6. The van der Waals surface area contributed by atoms with Crippen molar-refractivity contribution in [3.05, 3.63) is 0 Å². The lowest BCUT2D eigenvalue weighted by Gasteiger charge is -2.26. The molecule has 0 radical (unpaired) electrons. The Bertz CT molecular complexity index is 207. The van der Waals surface area contributed by atoms with Crippen molar-refractivity contribution in [1.29, 1.82) is 0 Å². The van der Waals surface area contributed by atoms with E-state index in [1.807, 2.05) is 0 Å². The van der Waals surface area contributed by atoms with E-state index in [-0.39, 0.29) is 0 Å². The molecule has 0 bridgehead atoms. The van der Waals surface area contributed by atoms with Crippen LogP contribution >= 0.6 is 0 Å². The predicted molar refractivity (Wildman–Crippen MR) is 59.0 cm³/mol. The van der Waals surface area contributed by atoms with Gasteiger partial charge in [-0.25, -0.2) is 5.48 Å². The quantitative estimate of drug-likeness (QED) is 0.320. The van der Waals surface area contributed by atoms with Gasteiger partial charge in [-0.05, 0) is 19.4 Å². The van der Waals surface area contributed by atoms with Crippen LogP contribution in [0.4, 0.5) is 0 Å². The third kappa shape index (κ3) is 4.89. The van der Waals surface area contributed by atoms with Crippen LogP contribution in [-0.4, -0.2) is 54.9 Å². The van der Waals surface area contributed by atoms with Crippen molar-refractivity contribution in [3.63, 3.8) is 0 Å². The summed E-state index contributed by atoms with van der Waals surface area (Å²) in [5, 5.41) is 8.36. The first-order valence-electron chi connectivity index (χ1n) is 5.73. The molecule has 1 fully saturated rings. The van der Waals surface area contributed by atoms with Crippen LogP contribution in [0.15, 0.2) is 0 Å². The van der Waals surface area contributed by atoms with Crippen molar-refractivity contribution in [2.75, 3.05) is 32.8 Å². The van der Waals surface area contributed by atoms with Crippen LogP contribution in [0, 0.1) is 0 Å². The molecule has 1 saturated heterocycles. The average molecular weight is 231 g/mol. The van der Waals surface area contributed by atoms with Crippen LogP contribution in [-0.2, 0) is 9.53 Å². The number of hydrogen-bond donors (Lipinski definition) is 3. The van der Waals surface area contributed by atoms with Crippen molar-refractivity contribution in [1.82, 2.24) is 10.4 Å². The van der Waals surface area contributed by atoms with E-state index >= 15 is 0 Å². The highest BCUT2D eigenvalue weighted by molar-refractivity contribution is 5.80. The molecule has 0 aromatic heterocycles. The van der Waals surface area contributed by atoms with Gasteiger partial charge >= 0.3 is 0 Å². The Morgan fingerprint density at radius 2 is 2.12 bits per heavy atom. The van der Waals surface area contributed by atoms with Crippen LogP contribution in [0.2, 0.25) is 0 Å². The smallest absolute Gasteiger partial charge is 0.260 e. The van der Waals surface area contributed by atoms with Crippen molar-refractivity contribution in [2.24, 2.45) is 5.73 Å². The zero-order valence-electron chi connectivity index (χ0n) is 9.52. The molecule has 94 valence electrons. The van der Waals surface area contributed by atoms with E-state index in [9.17, 15) is 4.79 Å². The van der Waals surface area contributed by atoms with Crippen molar-refractivity contribution >= 4 is 5.91 Å². The van der Waals surface area contributed by atoms with Crippen LogP contribution in [0.3, 0.4) is 0 Å². The molecule has 0 aromatic rings. The van der Waals surface area contributed by atoms with Gasteiger partial charge in [0, 0.05) is 13.1 Å². The number of nitrogens with one attached hydrogen (secondary N) is 1. The molecule has 1 rings (SSSR count). The summed E-state index contributed by atoms with van der Waals surface area (Å²) in [6.45, 7) is 4.63. The molecule has 0 aliphatic carbocycles. The lowest BCUT2D eigenvalue weighted by molar-refractivity contribution is -0.130. The van der Waals surface area contributed by atoms with Crippen LogP contribution in [0.1, 0.15) is 19.3 Å². The maximum atomic E-state index is 10.9. The van der Waals surface area contributed by atoms with E-state index in [4.69, 9.17) is 15.7 Å². The van der Waals surface area contributed by atoms with E-state index in [2.05, 4.69) is 4.90 Å². The third-order valence-corrected chi connectivity index (χ3v) is 2.79. The maximum Gasteiger partial charge on any atom is 0.260 e. The zero-order valence-corrected chi connectivity index (χ0v) is 9.52. The molecule has 1 atom stereocenters. The lowest BCUT2D eigenvalue weighted by Crippen LogP contribution is -2.39. The standard InChI is InChI=1S/C10H21N3O3/c11-9(10(14)12-15)3-1-2-4-13-5-7-16-8-6-13/h9,15H,1-8,11H2,(H,12,14)/t9-/m1/s1. The minimum absolute atomic E-state index is 0.508. The molecule has 0 saturated carbocycles. The SMILES string of the molecule is N[C@H](CCCCN1CCOCC1)C(=O)NO. The summed E-state index contributed by atoms with van der Waals surface area (Å²) in [5.41, 5.74) is 7.11. The second-order valence-electron chi connectivity index (χ2n) is 4.03. The summed E-state index contributed by atoms with van der Waals surface area (Å²) >= 11 is 0. The Hall–Kier alpha value is -0.690. The number of hydroxylamine groups is 1. The maximum absolute atomic E-state index is 10.9. The number of nitrogens with zero attached hydrogens (tertiary/aromatic N) is 1. The number of hydrogen-bond acceptors (Lipinski definition) is 5. The van der Waals surface area contributed by atoms with Gasteiger partial charge in [0.25, 0.3) is 5.91 Å². The normalized spacial score (nSPS) is 19.4. The molecular weight excluding hydrogens is 210 g/mol. The van der Waals surface area contributed by atoms with Crippen molar-refractivity contribution in [3.8, 4) is 0 Å². The number of unbranched alkanes of at least 4 members (excludes halogenated alkanes) is 1. The Kier molecular flexibility index (Phi) is 6.32. The molecule has 1 aliphatic rings. The number of morpholine rings is 1. The Morgan fingerprint density at radius 3 is 2.75 bits per heavy atom. The average Bonchev–Trinajstić information content (AvgIpc) is 2.34. The summed E-state index contributed by atoms with van der Waals surface area (Å²) in [4.78, 5) is 13.2. The number of amides is 1. The van der Waals surface area contributed by atoms with Crippen LogP contribution in [0.25, 0.3) is 0 Å². The Labute approximate surface area is 95.7 Å². The zero-order chi connectivity index (χ0) is 11.8.